The van der Waals surface area contributed by atoms with Crippen LogP contribution in [0.4, 0.5) is 0 Å². The third kappa shape index (κ3) is 3.69. The Morgan fingerprint density at radius 2 is 1.93 bits per heavy atom. The van der Waals surface area contributed by atoms with Crippen molar-refractivity contribution in [3.05, 3.63) is 29.3 Å². The summed E-state index contributed by atoms with van der Waals surface area (Å²) in [5.74, 6) is 10.0. The normalized spacial score (nSPS) is 35.1. The van der Waals surface area contributed by atoms with Gasteiger partial charge in [0.05, 0.1) is 6.10 Å². The zero-order valence-electron chi connectivity index (χ0n) is 18.2. The Balaban J connectivity index is 1.65. The highest BCUT2D eigenvalue weighted by atomic mass is 16.7. The maximum Gasteiger partial charge on any atom is 0.188 e. The van der Waals surface area contributed by atoms with E-state index in [1.807, 2.05) is 6.92 Å². The van der Waals surface area contributed by atoms with Crippen LogP contribution in [-0.2, 0) is 20.6 Å². The van der Waals surface area contributed by atoms with Gasteiger partial charge in [0.25, 0.3) is 0 Å². The van der Waals surface area contributed by atoms with Crippen LogP contribution in [0.5, 0.6) is 5.75 Å². The van der Waals surface area contributed by atoms with Crippen LogP contribution in [0.25, 0.3) is 0 Å². The molecule has 0 heterocycles. The molecular weight excluding hydrogens is 364 g/mol. The Kier molecular flexibility index (Phi) is 6.20. The standard InChI is InChI=1S/C25H34O4/c1-5-6-18-14-25(2)22(11-12-23(25)29-16-27-4)21-9-7-17-13-19(28-15-26-3)8-10-20(17)24(18)21/h8,10,13,18,21-24H,7,9,11-12,14-16H2,1-4H3/t18?,21-,22-,23-,24+,25-/m0/s1. The molecule has 4 heteroatoms. The van der Waals surface area contributed by atoms with Crippen LogP contribution in [0.2, 0.25) is 0 Å². The number of benzene rings is 1. The van der Waals surface area contributed by atoms with Gasteiger partial charge < -0.3 is 18.9 Å². The van der Waals surface area contributed by atoms with Crippen molar-refractivity contribution in [2.75, 3.05) is 27.8 Å². The second kappa shape index (κ2) is 8.68. The lowest BCUT2D eigenvalue weighted by molar-refractivity contribution is -0.129. The molecule has 0 radical (unpaired) electrons. The molecule has 1 unspecified atom stereocenters. The van der Waals surface area contributed by atoms with Crippen molar-refractivity contribution < 1.29 is 18.9 Å². The fraction of sp³-hybridized carbons (Fsp3) is 0.680. The average molecular weight is 399 g/mol. The molecule has 3 aliphatic carbocycles. The number of hydrogen-bond acceptors (Lipinski definition) is 4. The minimum Gasteiger partial charge on any atom is -0.468 e. The smallest absolute Gasteiger partial charge is 0.188 e. The Labute approximate surface area is 175 Å². The summed E-state index contributed by atoms with van der Waals surface area (Å²) in [5.41, 5.74) is 3.10. The molecule has 0 aliphatic heterocycles. The summed E-state index contributed by atoms with van der Waals surface area (Å²) in [6, 6.07) is 6.61. The average Bonchev–Trinajstić information content (AvgIpc) is 3.06. The predicted molar refractivity (Wildman–Crippen MR) is 113 cm³/mol. The Hall–Kier alpha value is -1.54. The second-order valence-corrected chi connectivity index (χ2v) is 9.10. The van der Waals surface area contributed by atoms with E-state index in [1.54, 1.807) is 14.2 Å². The lowest BCUT2D eigenvalue weighted by atomic mass is 9.52. The van der Waals surface area contributed by atoms with E-state index in [2.05, 4.69) is 37.0 Å². The van der Waals surface area contributed by atoms with Crippen molar-refractivity contribution in [1.82, 2.24) is 0 Å². The summed E-state index contributed by atoms with van der Waals surface area (Å²) < 4.78 is 22.1. The van der Waals surface area contributed by atoms with Crippen molar-refractivity contribution in [3.63, 3.8) is 0 Å². The van der Waals surface area contributed by atoms with E-state index in [4.69, 9.17) is 18.9 Å². The monoisotopic (exact) mass is 398 g/mol. The maximum atomic E-state index is 6.15. The molecule has 0 spiro atoms. The first-order valence-corrected chi connectivity index (χ1v) is 10.9. The second-order valence-electron chi connectivity index (χ2n) is 9.10. The maximum absolute atomic E-state index is 6.15. The van der Waals surface area contributed by atoms with Gasteiger partial charge in [-0.25, -0.2) is 0 Å². The van der Waals surface area contributed by atoms with Gasteiger partial charge in [0.1, 0.15) is 12.5 Å². The summed E-state index contributed by atoms with van der Waals surface area (Å²) in [6.45, 7) is 5.10. The topological polar surface area (TPSA) is 36.9 Å². The molecule has 1 aromatic rings. The molecule has 3 aliphatic rings. The van der Waals surface area contributed by atoms with Gasteiger partial charge in [-0.15, -0.1) is 5.92 Å². The summed E-state index contributed by atoms with van der Waals surface area (Å²) >= 11 is 0. The molecular formula is C25H34O4. The fourth-order valence-electron chi connectivity index (χ4n) is 6.61. The van der Waals surface area contributed by atoms with Gasteiger partial charge in [-0.2, -0.15) is 0 Å². The van der Waals surface area contributed by atoms with Crippen LogP contribution in [-0.4, -0.2) is 33.9 Å². The number of hydrogen-bond donors (Lipinski definition) is 0. The van der Waals surface area contributed by atoms with Gasteiger partial charge in [0.2, 0.25) is 0 Å². The van der Waals surface area contributed by atoms with Crippen molar-refractivity contribution >= 4 is 0 Å². The molecule has 4 rings (SSSR count). The summed E-state index contributed by atoms with van der Waals surface area (Å²) in [4.78, 5) is 0. The van der Waals surface area contributed by atoms with Crippen LogP contribution in [0.15, 0.2) is 18.2 Å². The molecule has 0 aromatic heterocycles. The SMILES string of the molecule is CC#CC1C[C@]2(C)[C@@H](OCOC)CC[C@H]2[C@@H]2CCc3cc(OCOC)ccc3[C@@H]12. The number of fused-ring (bicyclic) bond motifs is 5. The number of aryl methyl sites for hydroxylation is 1. The van der Waals surface area contributed by atoms with Crippen LogP contribution in [0, 0.1) is 35.0 Å². The van der Waals surface area contributed by atoms with E-state index in [1.165, 1.54) is 24.0 Å². The molecule has 2 saturated carbocycles. The van der Waals surface area contributed by atoms with Crippen molar-refractivity contribution in [1.29, 1.82) is 0 Å². The summed E-state index contributed by atoms with van der Waals surface area (Å²) in [7, 11) is 3.36. The van der Waals surface area contributed by atoms with Crippen LogP contribution in [0.1, 0.15) is 56.6 Å². The molecule has 29 heavy (non-hydrogen) atoms. The number of rotatable bonds is 6. The fourth-order valence-corrected chi connectivity index (χ4v) is 6.61. The van der Waals surface area contributed by atoms with E-state index in [9.17, 15) is 0 Å². The highest BCUT2D eigenvalue weighted by Gasteiger charge is 2.58. The first kappa shape index (κ1) is 20.7. The largest absolute Gasteiger partial charge is 0.468 e. The zero-order valence-corrected chi connectivity index (χ0v) is 18.2. The molecule has 4 nitrogen and oxygen atoms in total. The van der Waals surface area contributed by atoms with Gasteiger partial charge >= 0.3 is 0 Å². The van der Waals surface area contributed by atoms with Gasteiger partial charge in [-0.05, 0) is 79.5 Å². The minimum atomic E-state index is 0.188. The molecule has 0 bridgehead atoms. The molecule has 6 atom stereocenters. The van der Waals surface area contributed by atoms with E-state index in [0.29, 0.717) is 30.5 Å². The molecule has 2 fully saturated rings. The van der Waals surface area contributed by atoms with Crippen LogP contribution >= 0.6 is 0 Å². The third-order valence-corrected chi connectivity index (χ3v) is 7.67. The van der Waals surface area contributed by atoms with Crippen molar-refractivity contribution in [2.45, 2.75) is 58.0 Å². The molecule has 1 aromatic carbocycles. The van der Waals surface area contributed by atoms with E-state index >= 15 is 0 Å². The van der Waals surface area contributed by atoms with E-state index in [-0.39, 0.29) is 18.3 Å². The third-order valence-electron chi connectivity index (χ3n) is 7.67. The van der Waals surface area contributed by atoms with Gasteiger partial charge in [0, 0.05) is 26.1 Å². The van der Waals surface area contributed by atoms with Crippen molar-refractivity contribution in [2.24, 2.45) is 23.2 Å². The first-order chi connectivity index (χ1) is 14.1. The zero-order chi connectivity index (χ0) is 20.4. The summed E-state index contributed by atoms with van der Waals surface area (Å²) in [5, 5.41) is 0. The van der Waals surface area contributed by atoms with Gasteiger partial charge in [-0.1, -0.05) is 18.9 Å². The number of ether oxygens (including phenoxy) is 4. The Morgan fingerprint density at radius 1 is 1.10 bits per heavy atom. The first-order valence-electron chi connectivity index (χ1n) is 10.9. The highest BCUT2D eigenvalue weighted by Crippen LogP contribution is 2.63. The Bertz CT molecular complexity index is 779. The number of methoxy groups -OCH3 is 2. The molecule has 158 valence electrons. The van der Waals surface area contributed by atoms with E-state index in [0.717, 1.165) is 25.0 Å². The predicted octanol–water partition coefficient (Wildman–Crippen LogP) is 4.76. The van der Waals surface area contributed by atoms with Gasteiger partial charge in [0.15, 0.2) is 6.79 Å². The van der Waals surface area contributed by atoms with Crippen molar-refractivity contribution in [3.8, 4) is 17.6 Å². The Morgan fingerprint density at radius 3 is 2.69 bits per heavy atom. The molecule has 0 saturated heterocycles. The molecule has 0 amide bonds. The minimum absolute atomic E-state index is 0.188. The van der Waals surface area contributed by atoms with Crippen LogP contribution < -0.4 is 4.74 Å². The van der Waals surface area contributed by atoms with E-state index < -0.39 is 0 Å². The van der Waals surface area contributed by atoms with Crippen LogP contribution in [0.3, 0.4) is 0 Å². The quantitative estimate of drug-likeness (QED) is 0.511. The lowest BCUT2D eigenvalue weighted by Gasteiger charge is -2.53. The molecule has 0 N–H and O–H groups in total. The highest BCUT2D eigenvalue weighted by molar-refractivity contribution is 5.42. The lowest BCUT2D eigenvalue weighted by Crippen LogP contribution is -2.48. The summed E-state index contributed by atoms with van der Waals surface area (Å²) in [6.07, 6.45) is 6.11. The van der Waals surface area contributed by atoms with Gasteiger partial charge in [-0.3, -0.25) is 0 Å².